The summed E-state index contributed by atoms with van der Waals surface area (Å²) in [5, 5.41) is 9.64. The van der Waals surface area contributed by atoms with Crippen molar-refractivity contribution in [2.45, 2.75) is 19.3 Å². The first-order valence-corrected chi connectivity index (χ1v) is 20.5. The zero-order valence-corrected chi connectivity index (χ0v) is 32.9. The van der Waals surface area contributed by atoms with Crippen LogP contribution in [0.1, 0.15) is 25.0 Å². The van der Waals surface area contributed by atoms with Gasteiger partial charge in [-0.15, -0.1) is 0 Å². The lowest BCUT2D eigenvalue weighted by molar-refractivity contribution is 0.661. The molecule has 0 radical (unpaired) electrons. The Balaban J connectivity index is 1.07. The molecule has 11 aromatic rings. The summed E-state index contributed by atoms with van der Waals surface area (Å²) < 4.78 is 6.71. The van der Waals surface area contributed by atoms with Crippen molar-refractivity contribution in [1.29, 1.82) is 0 Å². The van der Waals surface area contributed by atoms with Gasteiger partial charge in [-0.1, -0.05) is 172 Å². The van der Waals surface area contributed by atoms with Crippen molar-refractivity contribution in [3.05, 3.63) is 211 Å². The largest absolute Gasteiger partial charge is 0.455 e. The number of fused-ring (bicyclic) bond motifs is 11. The van der Waals surface area contributed by atoms with Crippen LogP contribution in [-0.4, -0.2) is 0 Å². The highest BCUT2D eigenvalue weighted by atomic mass is 16.3. The predicted molar refractivity (Wildman–Crippen MR) is 249 cm³/mol. The van der Waals surface area contributed by atoms with Crippen LogP contribution in [0.25, 0.3) is 87.6 Å². The first-order chi connectivity index (χ1) is 29.0. The second-order valence-electron chi connectivity index (χ2n) is 16.4. The van der Waals surface area contributed by atoms with Crippen molar-refractivity contribution in [2.24, 2.45) is 0 Å². The molecule has 0 N–H and O–H groups in total. The first-order valence-electron chi connectivity index (χ1n) is 20.5. The Hall–Kier alpha value is -7.42. The highest BCUT2D eigenvalue weighted by molar-refractivity contribution is 6.20. The minimum absolute atomic E-state index is 0.216. The molecule has 12 rings (SSSR count). The molecule has 0 aliphatic heterocycles. The topological polar surface area (TPSA) is 16.4 Å². The van der Waals surface area contributed by atoms with Gasteiger partial charge in [0.25, 0.3) is 0 Å². The van der Waals surface area contributed by atoms with Gasteiger partial charge in [0.2, 0.25) is 0 Å². The maximum Gasteiger partial charge on any atom is 0.143 e. The van der Waals surface area contributed by atoms with Gasteiger partial charge in [-0.3, -0.25) is 0 Å². The Morgan fingerprint density at radius 3 is 1.86 bits per heavy atom. The van der Waals surface area contributed by atoms with Crippen LogP contribution in [0.3, 0.4) is 0 Å². The van der Waals surface area contributed by atoms with Gasteiger partial charge in [0.1, 0.15) is 11.2 Å². The van der Waals surface area contributed by atoms with E-state index in [1.54, 1.807) is 0 Å². The van der Waals surface area contributed by atoms with Gasteiger partial charge < -0.3 is 9.32 Å². The molecule has 1 heterocycles. The number of furan rings is 1. The number of nitrogens with zero attached hydrogens (tertiary/aromatic N) is 1. The third-order valence-electron chi connectivity index (χ3n) is 12.8. The highest BCUT2D eigenvalue weighted by Crippen LogP contribution is 2.55. The van der Waals surface area contributed by atoms with Crippen LogP contribution in [0, 0.1) is 0 Å². The average molecular weight is 754 g/mol. The number of hydrogen-bond acceptors (Lipinski definition) is 2. The van der Waals surface area contributed by atoms with Gasteiger partial charge in [-0.25, -0.2) is 0 Å². The van der Waals surface area contributed by atoms with E-state index in [2.05, 4.69) is 219 Å². The SMILES string of the molecule is CC1(C)c2ccccc2-c2cccc(N(c3ccc(-c4ccc5c(ccc6ccccc65)c4)cc3)c3ccccc3-c3cccc4oc5c6ccccc6ccc5c34)c21. The summed E-state index contributed by atoms with van der Waals surface area (Å²) in [4.78, 5) is 2.49. The summed E-state index contributed by atoms with van der Waals surface area (Å²) in [6.45, 7) is 4.75. The molecule has 0 bridgehead atoms. The zero-order valence-electron chi connectivity index (χ0n) is 32.9. The summed E-state index contributed by atoms with van der Waals surface area (Å²) in [7, 11) is 0. The van der Waals surface area contributed by atoms with Gasteiger partial charge in [0, 0.05) is 32.8 Å². The van der Waals surface area contributed by atoms with Crippen molar-refractivity contribution >= 4 is 71.3 Å². The first kappa shape index (κ1) is 33.7. The van der Waals surface area contributed by atoms with E-state index in [0.717, 1.165) is 49.8 Å². The second-order valence-corrected chi connectivity index (χ2v) is 16.4. The summed E-state index contributed by atoms with van der Waals surface area (Å²) in [6.07, 6.45) is 0. The van der Waals surface area contributed by atoms with Crippen LogP contribution < -0.4 is 4.90 Å². The van der Waals surface area contributed by atoms with E-state index in [9.17, 15) is 0 Å². The lowest BCUT2D eigenvalue weighted by atomic mass is 9.81. The monoisotopic (exact) mass is 753 g/mol. The van der Waals surface area contributed by atoms with E-state index in [4.69, 9.17) is 4.42 Å². The van der Waals surface area contributed by atoms with Gasteiger partial charge in [0.15, 0.2) is 0 Å². The van der Waals surface area contributed by atoms with E-state index >= 15 is 0 Å². The molecule has 0 saturated heterocycles. The lowest BCUT2D eigenvalue weighted by Crippen LogP contribution is -2.21. The number of hydrogen-bond donors (Lipinski definition) is 0. The smallest absolute Gasteiger partial charge is 0.143 e. The van der Waals surface area contributed by atoms with E-state index in [0.29, 0.717) is 0 Å². The zero-order chi connectivity index (χ0) is 39.2. The van der Waals surface area contributed by atoms with Crippen molar-refractivity contribution in [3.63, 3.8) is 0 Å². The fourth-order valence-electron chi connectivity index (χ4n) is 10.1. The number of rotatable bonds is 5. The Bertz CT molecular complexity index is 3480. The molecule has 0 saturated carbocycles. The summed E-state index contributed by atoms with van der Waals surface area (Å²) in [6, 6.07) is 73.2. The maximum atomic E-state index is 6.71. The summed E-state index contributed by atoms with van der Waals surface area (Å²) in [5.41, 5.74) is 15.0. The average Bonchev–Trinajstić information content (AvgIpc) is 3.79. The number of anilines is 3. The maximum absolute atomic E-state index is 6.71. The molecular formula is C57H39NO. The van der Waals surface area contributed by atoms with E-state index < -0.39 is 0 Å². The third kappa shape index (κ3) is 5.06. The van der Waals surface area contributed by atoms with E-state index in [-0.39, 0.29) is 5.41 Å². The minimum Gasteiger partial charge on any atom is -0.455 e. The van der Waals surface area contributed by atoms with Gasteiger partial charge in [0.05, 0.1) is 11.4 Å². The molecule has 0 spiro atoms. The molecule has 1 aliphatic carbocycles. The molecule has 2 heteroatoms. The molecule has 2 nitrogen and oxygen atoms in total. The normalized spacial score (nSPS) is 13.1. The molecule has 1 aliphatic rings. The fourth-order valence-corrected chi connectivity index (χ4v) is 10.1. The standard InChI is InChI=1S/C57H39NO/c1-57(2)50-21-9-7-17-45(50)48-20-11-23-52(55(48)57)58(41-31-27-36(28-32-41)39-30-33-43-40(35-39)26-25-37-13-3-5-15-42(37)43)51-22-10-8-18-46(51)47-19-12-24-53-54(47)49-34-29-38-14-4-6-16-44(38)56(49)59-53/h3-35H,1-2H3. The Kier molecular flexibility index (Phi) is 7.31. The van der Waals surface area contributed by atoms with Crippen LogP contribution in [0.4, 0.5) is 17.1 Å². The molecule has 0 atom stereocenters. The minimum atomic E-state index is -0.216. The van der Waals surface area contributed by atoms with Crippen molar-refractivity contribution < 1.29 is 4.42 Å². The lowest BCUT2D eigenvalue weighted by Gasteiger charge is -2.33. The Morgan fingerprint density at radius 2 is 1.00 bits per heavy atom. The predicted octanol–water partition coefficient (Wildman–Crippen LogP) is 16.2. The number of benzene rings is 10. The molecule has 278 valence electrons. The highest BCUT2D eigenvalue weighted by Gasteiger charge is 2.39. The molecular weight excluding hydrogens is 715 g/mol. The van der Waals surface area contributed by atoms with E-state index in [1.165, 1.54) is 66.0 Å². The van der Waals surface area contributed by atoms with Crippen LogP contribution in [0.15, 0.2) is 205 Å². The molecule has 0 unspecified atom stereocenters. The molecule has 59 heavy (non-hydrogen) atoms. The van der Waals surface area contributed by atoms with Crippen LogP contribution in [0.5, 0.6) is 0 Å². The van der Waals surface area contributed by atoms with Crippen molar-refractivity contribution in [1.82, 2.24) is 0 Å². The molecule has 10 aromatic carbocycles. The number of para-hydroxylation sites is 1. The van der Waals surface area contributed by atoms with Crippen molar-refractivity contribution in [2.75, 3.05) is 4.90 Å². The van der Waals surface area contributed by atoms with Gasteiger partial charge in [-0.2, -0.15) is 0 Å². The Labute approximate surface area is 343 Å². The van der Waals surface area contributed by atoms with Crippen LogP contribution >= 0.6 is 0 Å². The Morgan fingerprint density at radius 1 is 0.407 bits per heavy atom. The molecule has 1 aromatic heterocycles. The summed E-state index contributed by atoms with van der Waals surface area (Å²) in [5.74, 6) is 0. The van der Waals surface area contributed by atoms with Crippen molar-refractivity contribution in [3.8, 4) is 33.4 Å². The third-order valence-corrected chi connectivity index (χ3v) is 12.8. The fraction of sp³-hybridized carbons (Fsp3) is 0.0526. The van der Waals surface area contributed by atoms with Crippen LogP contribution in [0.2, 0.25) is 0 Å². The van der Waals surface area contributed by atoms with E-state index in [1.807, 2.05) is 0 Å². The summed E-state index contributed by atoms with van der Waals surface area (Å²) >= 11 is 0. The molecule has 0 amide bonds. The van der Waals surface area contributed by atoms with Crippen LogP contribution in [-0.2, 0) is 5.41 Å². The second kappa shape index (κ2) is 12.8. The molecule has 0 fully saturated rings. The van der Waals surface area contributed by atoms with Gasteiger partial charge >= 0.3 is 0 Å². The quantitative estimate of drug-likeness (QED) is 0.163. The van der Waals surface area contributed by atoms with Gasteiger partial charge in [-0.05, 0) is 108 Å².